The zero-order valence-electron chi connectivity index (χ0n) is 14.8. The summed E-state index contributed by atoms with van der Waals surface area (Å²) in [5.41, 5.74) is -0.226. The number of alkyl carbamates (subject to hydrolysis) is 1. The van der Waals surface area contributed by atoms with Crippen LogP contribution >= 0.6 is 0 Å². The van der Waals surface area contributed by atoms with E-state index >= 15 is 0 Å². The van der Waals surface area contributed by atoms with Crippen molar-refractivity contribution in [3.05, 3.63) is 35.9 Å². The summed E-state index contributed by atoms with van der Waals surface area (Å²) < 4.78 is 10.6. The summed E-state index contributed by atoms with van der Waals surface area (Å²) in [6, 6.07) is 8.61. The summed E-state index contributed by atoms with van der Waals surface area (Å²) in [6.45, 7) is 11.1. The van der Waals surface area contributed by atoms with E-state index in [1.54, 1.807) is 20.8 Å². The van der Waals surface area contributed by atoms with Crippen LogP contribution in [0.4, 0.5) is 4.79 Å². The standard InChI is InChI=1S/C18H27NO4/c1-17(2,3)14(19-16(21)23-18(4,5)6)15(20)22-12-13-10-8-7-9-11-13/h7-11,14H,12H2,1-6H3,(H,19,21)/t14-/m0/s1. The van der Waals surface area contributed by atoms with Crippen LogP contribution in [0.2, 0.25) is 0 Å². The molecule has 1 rings (SSSR count). The second-order valence-electron chi connectivity index (χ2n) is 7.54. The Morgan fingerprint density at radius 1 is 1.04 bits per heavy atom. The summed E-state index contributed by atoms with van der Waals surface area (Å²) in [4.78, 5) is 24.3. The smallest absolute Gasteiger partial charge is 0.408 e. The molecule has 5 heteroatoms. The number of hydrogen-bond donors (Lipinski definition) is 1. The molecule has 128 valence electrons. The van der Waals surface area contributed by atoms with E-state index in [0.717, 1.165) is 5.56 Å². The van der Waals surface area contributed by atoms with Gasteiger partial charge in [-0.15, -0.1) is 0 Å². The van der Waals surface area contributed by atoms with E-state index in [0.29, 0.717) is 0 Å². The Hall–Kier alpha value is -2.04. The molecule has 1 aromatic carbocycles. The van der Waals surface area contributed by atoms with E-state index in [1.807, 2.05) is 51.1 Å². The highest BCUT2D eigenvalue weighted by atomic mass is 16.6. The molecule has 0 aliphatic carbocycles. The van der Waals surface area contributed by atoms with Gasteiger partial charge in [0.25, 0.3) is 0 Å². The number of carbonyl (C=O) groups is 2. The summed E-state index contributed by atoms with van der Waals surface area (Å²) in [5.74, 6) is -0.479. The van der Waals surface area contributed by atoms with Crippen molar-refractivity contribution in [2.24, 2.45) is 5.41 Å². The van der Waals surface area contributed by atoms with Crippen molar-refractivity contribution in [2.75, 3.05) is 0 Å². The van der Waals surface area contributed by atoms with Gasteiger partial charge in [-0.25, -0.2) is 9.59 Å². The number of amides is 1. The molecule has 0 aliphatic heterocycles. The minimum Gasteiger partial charge on any atom is -0.459 e. The van der Waals surface area contributed by atoms with Crippen LogP contribution in [0, 0.1) is 5.41 Å². The van der Waals surface area contributed by atoms with Gasteiger partial charge >= 0.3 is 12.1 Å². The van der Waals surface area contributed by atoms with Gasteiger partial charge in [0, 0.05) is 0 Å². The highest BCUT2D eigenvalue weighted by molar-refractivity contribution is 5.82. The molecule has 0 saturated heterocycles. The van der Waals surface area contributed by atoms with Crippen LogP contribution in [0.3, 0.4) is 0 Å². The van der Waals surface area contributed by atoms with Crippen molar-refractivity contribution in [1.82, 2.24) is 5.32 Å². The monoisotopic (exact) mass is 321 g/mol. The fourth-order valence-corrected chi connectivity index (χ4v) is 1.87. The molecule has 0 radical (unpaired) electrons. The first-order valence-corrected chi connectivity index (χ1v) is 7.69. The first-order chi connectivity index (χ1) is 10.5. The highest BCUT2D eigenvalue weighted by Crippen LogP contribution is 2.21. The van der Waals surface area contributed by atoms with E-state index in [4.69, 9.17) is 9.47 Å². The van der Waals surface area contributed by atoms with Crippen LogP contribution in [-0.2, 0) is 20.9 Å². The average Bonchev–Trinajstić information content (AvgIpc) is 2.40. The van der Waals surface area contributed by atoms with Crippen LogP contribution in [0.15, 0.2) is 30.3 Å². The lowest BCUT2D eigenvalue weighted by molar-refractivity contribution is -0.150. The van der Waals surface area contributed by atoms with E-state index in [9.17, 15) is 9.59 Å². The number of ether oxygens (including phenoxy) is 2. The molecule has 0 saturated carbocycles. The first-order valence-electron chi connectivity index (χ1n) is 7.69. The fourth-order valence-electron chi connectivity index (χ4n) is 1.87. The van der Waals surface area contributed by atoms with Crippen LogP contribution in [0.25, 0.3) is 0 Å². The average molecular weight is 321 g/mol. The summed E-state index contributed by atoms with van der Waals surface area (Å²) in [5, 5.41) is 2.61. The van der Waals surface area contributed by atoms with E-state index in [1.165, 1.54) is 0 Å². The normalized spacial score (nSPS) is 13.1. The number of hydrogen-bond acceptors (Lipinski definition) is 4. The van der Waals surface area contributed by atoms with Crippen molar-refractivity contribution in [3.8, 4) is 0 Å². The highest BCUT2D eigenvalue weighted by Gasteiger charge is 2.35. The lowest BCUT2D eigenvalue weighted by Gasteiger charge is -2.30. The van der Waals surface area contributed by atoms with Gasteiger partial charge in [-0.05, 0) is 31.7 Å². The van der Waals surface area contributed by atoms with Crippen LogP contribution in [0.1, 0.15) is 47.1 Å². The molecule has 1 N–H and O–H groups in total. The zero-order valence-corrected chi connectivity index (χ0v) is 14.8. The second kappa shape index (κ2) is 7.49. The van der Waals surface area contributed by atoms with Crippen LogP contribution in [-0.4, -0.2) is 23.7 Å². The quantitative estimate of drug-likeness (QED) is 0.859. The first kappa shape index (κ1) is 19.0. The molecule has 0 fully saturated rings. The Balaban J connectivity index is 2.70. The molecule has 0 unspecified atom stereocenters. The van der Waals surface area contributed by atoms with Gasteiger partial charge in [0.2, 0.25) is 0 Å². The summed E-state index contributed by atoms with van der Waals surface area (Å²) >= 11 is 0. The molecule has 5 nitrogen and oxygen atoms in total. The van der Waals surface area contributed by atoms with Crippen molar-refractivity contribution in [1.29, 1.82) is 0 Å². The third-order valence-electron chi connectivity index (χ3n) is 2.99. The predicted octanol–water partition coefficient (Wildman–Crippen LogP) is 3.67. The Bertz CT molecular complexity index is 526. The summed E-state index contributed by atoms with van der Waals surface area (Å²) in [7, 11) is 0. The Morgan fingerprint density at radius 2 is 1.61 bits per heavy atom. The minimum absolute atomic E-state index is 0.169. The fraction of sp³-hybridized carbons (Fsp3) is 0.556. The van der Waals surface area contributed by atoms with Crippen LogP contribution in [0.5, 0.6) is 0 Å². The SMILES string of the molecule is CC(C)(C)OC(=O)N[C@@H](C(=O)OCc1ccccc1)C(C)(C)C. The number of carbonyl (C=O) groups excluding carboxylic acids is 2. The molecular formula is C18H27NO4. The van der Waals surface area contributed by atoms with Gasteiger partial charge < -0.3 is 14.8 Å². The number of benzene rings is 1. The Kier molecular flexibility index (Phi) is 6.19. The molecule has 0 heterocycles. The predicted molar refractivity (Wildman–Crippen MR) is 88.9 cm³/mol. The third kappa shape index (κ3) is 7.17. The minimum atomic E-state index is -0.791. The maximum absolute atomic E-state index is 12.4. The van der Waals surface area contributed by atoms with Gasteiger partial charge in [0.1, 0.15) is 18.2 Å². The molecule has 1 atom stereocenters. The van der Waals surface area contributed by atoms with E-state index < -0.39 is 29.1 Å². The van der Waals surface area contributed by atoms with Gasteiger partial charge in [-0.3, -0.25) is 0 Å². The maximum atomic E-state index is 12.4. The lowest BCUT2D eigenvalue weighted by atomic mass is 9.87. The van der Waals surface area contributed by atoms with Gasteiger partial charge in [-0.2, -0.15) is 0 Å². The molecule has 1 amide bonds. The lowest BCUT2D eigenvalue weighted by Crippen LogP contribution is -2.51. The molecule has 1 aromatic rings. The molecule has 0 spiro atoms. The Morgan fingerprint density at radius 3 is 2.09 bits per heavy atom. The van der Waals surface area contributed by atoms with E-state index in [-0.39, 0.29) is 6.61 Å². The molecular weight excluding hydrogens is 294 g/mol. The van der Waals surface area contributed by atoms with Crippen molar-refractivity contribution in [3.63, 3.8) is 0 Å². The second-order valence-corrected chi connectivity index (χ2v) is 7.54. The van der Waals surface area contributed by atoms with Crippen LogP contribution < -0.4 is 5.32 Å². The Labute approximate surface area is 138 Å². The van der Waals surface area contributed by atoms with Gasteiger partial charge in [0.05, 0.1) is 0 Å². The number of nitrogens with one attached hydrogen (secondary N) is 1. The number of rotatable bonds is 4. The molecule has 0 aromatic heterocycles. The van der Waals surface area contributed by atoms with E-state index in [2.05, 4.69) is 5.32 Å². The number of esters is 1. The molecule has 0 aliphatic rings. The zero-order chi connectivity index (χ0) is 17.7. The van der Waals surface area contributed by atoms with Crippen molar-refractivity contribution >= 4 is 12.1 Å². The summed E-state index contributed by atoms with van der Waals surface area (Å²) in [6.07, 6.45) is -0.630. The largest absolute Gasteiger partial charge is 0.459 e. The topological polar surface area (TPSA) is 64.6 Å². The molecule has 0 bridgehead atoms. The maximum Gasteiger partial charge on any atom is 0.408 e. The third-order valence-corrected chi connectivity index (χ3v) is 2.99. The van der Waals surface area contributed by atoms with Crippen molar-refractivity contribution < 1.29 is 19.1 Å². The van der Waals surface area contributed by atoms with Crippen molar-refractivity contribution in [2.45, 2.75) is 59.8 Å². The van der Waals surface area contributed by atoms with Gasteiger partial charge in [0.15, 0.2) is 0 Å². The van der Waals surface area contributed by atoms with Gasteiger partial charge in [-0.1, -0.05) is 51.1 Å². The molecule has 23 heavy (non-hydrogen) atoms.